The zero-order valence-corrected chi connectivity index (χ0v) is 31.4. The zero-order chi connectivity index (χ0) is 35.8. The van der Waals surface area contributed by atoms with E-state index in [2.05, 4.69) is 62.3 Å². The smallest absolute Gasteiger partial charge is 0.254 e. The van der Waals surface area contributed by atoms with Crippen molar-refractivity contribution in [3.8, 4) is 0 Å². The van der Waals surface area contributed by atoms with Crippen LogP contribution < -0.4 is 5.56 Å². The first-order chi connectivity index (χ1) is 21.5. The predicted octanol–water partition coefficient (Wildman–Crippen LogP) is 7.29. The highest BCUT2D eigenvalue weighted by Crippen LogP contribution is 2.25. The van der Waals surface area contributed by atoms with E-state index in [4.69, 9.17) is 0 Å². The van der Waals surface area contributed by atoms with E-state index < -0.39 is 0 Å². The van der Waals surface area contributed by atoms with Crippen LogP contribution in [-0.2, 0) is 21.5 Å². The second kappa shape index (κ2) is 16.1. The van der Waals surface area contributed by atoms with Crippen molar-refractivity contribution in [3.05, 3.63) is 70.1 Å². The molecule has 0 unspecified atom stereocenters. The molecule has 0 aliphatic carbocycles. The molecule has 1 aromatic carbocycles. The van der Waals surface area contributed by atoms with Crippen LogP contribution in [0.15, 0.2) is 53.5 Å². The standard InChI is InChI=1S/C13H17NO.C9H17NO.C9H13NO.C8H15NO/c1-13(2,3)14-9-8-10-6-4-5-7-11(10)12(14)15;2*1-9(2,3)10-7-5-4-6-8(10)11;1-8(2,3)9-6-4-5-7(9)10/h4-7H,8-9H2,1-3H3;4-7H2,1-3H3;4-7H,1-3H3;4-6H2,1-3H3. The summed E-state index contributed by atoms with van der Waals surface area (Å²) in [6.45, 7) is 27.5. The number of benzene rings is 1. The lowest BCUT2D eigenvalue weighted by Crippen LogP contribution is -2.49. The molecule has 2 aromatic rings. The van der Waals surface area contributed by atoms with Gasteiger partial charge in [0, 0.05) is 72.5 Å². The number of nitrogens with zero attached hydrogens (tertiary/aromatic N) is 4. The fourth-order valence-corrected chi connectivity index (χ4v) is 5.92. The van der Waals surface area contributed by atoms with Gasteiger partial charge in [-0.25, -0.2) is 0 Å². The average molecular weight is 651 g/mol. The summed E-state index contributed by atoms with van der Waals surface area (Å²) in [7, 11) is 0. The van der Waals surface area contributed by atoms with Gasteiger partial charge in [0.2, 0.25) is 11.8 Å². The Kier molecular flexibility index (Phi) is 13.6. The maximum absolute atomic E-state index is 12.2. The molecule has 0 N–H and O–H groups in total. The van der Waals surface area contributed by atoms with Crippen LogP contribution in [0.5, 0.6) is 0 Å². The van der Waals surface area contributed by atoms with Gasteiger partial charge < -0.3 is 19.3 Å². The summed E-state index contributed by atoms with van der Waals surface area (Å²) in [5, 5.41) is 0. The van der Waals surface area contributed by atoms with Crippen LogP contribution in [0.25, 0.3) is 0 Å². The minimum atomic E-state index is -0.113. The summed E-state index contributed by atoms with van der Waals surface area (Å²) < 4.78 is 1.72. The van der Waals surface area contributed by atoms with E-state index in [0.717, 1.165) is 57.3 Å². The van der Waals surface area contributed by atoms with Crippen LogP contribution in [0.4, 0.5) is 0 Å². The van der Waals surface area contributed by atoms with Gasteiger partial charge in [0.1, 0.15) is 0 Å². The van der Waals surface area contributed by atoms with Crippen molar-refractivity contribution in [2.75, 3.05) is 19.6 Å². The van der Waals surface area contributed by atoms with E-state index >= 15 is 0 Å². The lowest BCUT2D eigenvalue weighted by Gasteiger charge is -2.39. The molecule has 3 aliphatic rings. The first-order valence-corrected chi connectivity index (χ1v) is 17.2. The topological polar surface area (TPSA) is 82.9 Å². The Hall–Kier alpha value is -3.42. The highest BCUT2D eigenvalue weighted by Gasteiger charge is 2.32. The third kappa shape index (κ3) is 12.0. The summed E-state index contributed by atoms with van der Waals surface area (Å²) in [5.74, 6) is 0.806. The molecule has 0 saturated carbocycles. The Balaban J connectivity index is 0.000000221. The molecule has 3 aliphatic heterocycles. The molecule has 1 aromatic heterocycles. The molecule has 8 nitrogen and oxygen atoms in total. The molecule has 0 radical (unpaired) electrons. The van der Waals surface area contributed by atoms with Crippen molar-refractivity contribution < 1.29 is 14.4 Å². The molecule has 3 amide bonds. The van der Waals surface area contributed by atoms with Crippen LogP contribution in [0.3, 0.4) is 0 Å². The number of carbonyl (C=O) groups is 3. The number of piperidine rings is 1. The van der Waals surface area contributed by atoms with Crippen molar-refractivity contribution in [2.24, 2.45) is 0 Å². The zero-order valence-electron chi connectivity index (χ0n) is 31.4. The van der Waals surface area contributed by atoms with Gasteiger partial charge in [-0.1, -0.05) is 24.3 Å². The molecule has 2 saturated heterocycles. The average Bonchev–Trinajstić information content (AvgIpc) is 3.40. The summed E-state index contributed by atoms with van der Waals surface area (Å²) >= 11 is 0. The van der Waals surface area contributed by atoms with E-state index in [1.165, 1.54) is 12.0 Å². The van der Waals surface area contributed by atoms with Gasteiger partial charge >= 0.3 is 0 Å². The Morgan fingerprint density at radius 2 is 0.979 bits per heavy atom. The fraction of sp³-hybridized carbons (Fsp3) is 0.641. The highest BCUT2D eigenvalue weighted by atomic mass is 16.2. The van der Waals surface area contributed by atoms with Crippen molar-refractivity contribution in [1.29, 1.82) is 0 Å². The molecule has 262 valence electrons. The Morgan fingerprint density at radius 3 is 1.40 bits per heavy atom. The van der Waals surface area contributed by atoms with Crippen LogP contribution >= 0.6 is 0 Å². The normalized spacial score (nSPS) is 17.1. The number of aromatic nitrogens is 1. The Labute approximate surface area is 284 Å². The molecule has 8 heteroatoms. The number of rotatable bonds is 0. The van der Waals surface area contributed by atoms with Crippen molar-refractivity contribution in [2.45, 2.75) is 144 Å². The summed E-state index contributed by atoms with van der Waals surface area (Å²) in [6, 6.07) is 13.1. The fourth-order valence-electron chi connectivity index (χ4n) is 5.92. The van der Waals surface area contributed by atoms with Gasteiger partial charge in [-0.3, -0.25) is 19.2 Å². The van der Waals surface area contributed by atoms with Gasteiger partial charge in [0.25, 0.3) is 11.5 Å². The molecule has 0 atom stereocenters. The number of amides is 3. The van der Waals surface area contributed by atoms with Gasteiger partial charge in [-0.2, -0.15) is 0 Å². The minimum absolute atomic E-state index is 0.0253. The van der Waals surface area contributed by atoms with Gasteiger partial charge in [-0.05, 0) is 126 Å². The van der Waals surface area contributed by atoms with Gasteiger partial charge in [0.05, 0.1) is 0 Å². The second-order valence-corrected chi connectivity index (χ2v) is 16.6. The van der Waals surface area contributed by atoms with Gasteiger partial charge in [-0.15, -0.1) is 0 Å². The number of pyridine rings is 1. The van der Waals surface area contributed by atoms with Crippen LogP contribution in [0.2, 0.25) is 0 Å². The molecule has 4 heterocycles. The third-order valence-electron chi connectivity index (χ3n) is 8.47. The number of carbonyl (C=O) groups excluding carboxylic acids is 3. The summed E-state index contributed by atoms with van der Waals surface area (Å²) in [5.41, 5.74) is 1.98. The highest BCUT2D eigenvalue weighted by molar-refractivity contribution is 5.97. The van der Waals surface area contributed by atoms with E-state index in [9.17, 15) is 19.2 Å². The largest absolute Gasteiger partial charge is 0.338 e. The molecule has 5 rings (SSSR count). The van der Waals surface area contributed by atoms with E-state index in [-0.39, 0.29) is 33.6 Å². The van der Waals surface area contributed by atoms with Gasteiger partial charge in [0.15, 0.2) is 0 Å². The van der Waals surface area contributed by atoms with Crippen LogP contribution in [-0.4, -0.2) is 73.2 Å². The lowest BCUT2D eigenvalue weighted by molar-refractivity contribution is -0.138. The molecule has 0 bridgehead atoms. The van der Waals surface area contributed by atoms with Crippen LogP contribution in [0, 0.1) is 0 Å². The quantitative estimate of drug-likeness (QED) is 0.300. The maximum Gasteiger partial charge on any atom is 0.254 e. The summed E-state index contributed by atoms with van der Waals surface area (Å²) in [4.78, 5) is 51.8. The minimum Gasteiger partial charge on any atom is -0.338 e. The first-order valence-electron chi connectivity index (χ1n) is 17.2. The second-order valence-electron chi connectivity index (χ2n) is 16.6. The lowest BCUT2D eigenvalue weighted by atomic mass is 9.94. The van der Waals surface area contributed by atoms with E-state index in [1.807, 2.05) is 72.0 Å². The Bertz CT molecular complexity index is 1400. The van der Waals surface area contributed by atoms with Crippen molar-refractivity contribution >= 4 is 17.7 Å². The SMILES string of the molecule is CC(C)(C)N1CCCC1=O.CC(C)(C)N1CCCCC1=O.CC(C)(C)N1CCc2ccccc2C1=O.CC(C)(C)n1ccccc1=O. The van der Waals surface area contributed by atoms with Crippen molar-refractivity contribution in [1.82, 2.24) is 19.3 Å². The predicted molar refractivity (Wildman–Crippen MR) is 193 cm³/mol. The van der Waals surface area contributed by atoms with E-state index in [0.29, 0.717) is 11.8 Å². The molecular formula is C39H62N4O4. The third-order valence-corrected chi connectivity index (χ3v) is 8.47. The number of hydrogen-bond acceptors (Lipinski definition) is 4. The Morgan fingerprint density at radius 1 is 0.489 bits per heavy atom. The number of hydrogen-bond donors (Lipinski definition) is 0. The molecule has 47 heavy (non-hydrogen) atoms. The molecule has 2 fully saturated rings. The first kappa shape index (κ1) is 39.8. The molecular weight excluding hydrogens is 588 g/mol. The van der Waals surface area contributed by atoms with E-state index in [1.54, 1.807) is 16.7 Å². The maximum atomic E-state index is 12.2. The monoisotopic (exact) mass is 650 g/mol. The molecule has 0 spiro atoms. The van der Waals surface area contributed by atoms with Crippen LogP contribution in [0.1, 0.15) is 131 Å². The number of likely N-dealkylation sites (tertiary alicyclic amines) is 2. The number of fused-ring (bicyclic) bond motifs is 1. The summed E-state index contributed by atoms with van der Waals surface area (Å²) in [6.07, 6.45) is 7.56. The van der Waals surface area contributed by atoms with Crippen molar-refractivity contribution in [3.63, 3.8) is 0 Å².